The van der Waals surface area contributed by atoms with Crippen molar-refractivity contribution < 1.29 is 9.32 Å². The molecular formula is C16H22ClN3O2S. The lowest BCUT2D eigenvalue weighted by atomic mass is 10.1. The Morgan fingerprint density at radius 1 is 1.35 bits per heavy atom. The highest BCUT2D eigenvalue weighted by Crippen LogP contribution is 2.19. The van der Waals surface area contributed by atoms with E-state index < -0.39 is 0 Å². The Labute approximate surface area is 146 Å². The molecule has 0 aliphatic carbocycles. The molecule has 0 fully saturated rings. The zero-order valence-corrected chi connectivity index (χ0v) is 14.9. The second-order valence-electron chi connectivity index (χ2n) is 5.12. The van der Waals surface area contributed by atoms with Gasteiger partial charge in [-0.15, -0.1) is 24.2 Å². The first-order valence-corrected chi connectivity index (χ1v) is 8.30. The van der Waals surface area contributed by atoms with Crippen LogP contribution >= 0.6 is 24.2 Å². The van der Waals surface area contributed by atoms with Crippen LogP contribution in [0.25, 0.3) is 0 Å². The Morgan fingerprint density at radius 3 is 2.65 bits per heavy atom. The van der Waals surface area contributed by atoms with E-state index in [2.05, 4.69) is 10.5 Å². The number of amides is 1. The van der Waals surface area contributed by atoms with Gasteiger partial charge in [0.1, 0.15) is 5.76 Å². The SMILES string of the molecule is Cc1noc(C)c1CSCC(=O)NCC(N)c1ccccc1.Cl. The summed E-state index contributed by atoms with van der Waals surface area (Å²) in [5.74, 6) is 1.92. The predicted molar refractivity (Wildman–Crippen MR) is 95.8 cm³/mol. The highest BCUT2D eigenvalue weighted by molar-refractivity contribution is 7.99. The fourth-order valence-electron chi connectivity index (χ4n) is 2.05. The Balaban J connectivity index is 0.00000264. The van der Waals surface area contributed by atoms with Crippen molar-refractivity contribution >= 4 is 30.1 Å². The third-order valence-electron chi connectivity index (χ3n) is 3.41. The van der Waals surface area contributed by atoms with Crippen LogP contribution in [0.4, 0.5) is 0 Å². The van der Waals surface area contributed by atoms with Crippen LogP contribution in [0.3, 0.4) is 0 Å². The van der Waals surface area contributed by atoms with Crippen LogP contribution in [0.5, 0.6) is 0 Å². The van der Waals surface area contributed by atoms with E-state index in [0.29, 0.717) is 12.3 Å². The van der Waals surface area contributed by atoms with Crippen LogP contribution in [0, 0.1) is 13.8 Å². The van der Waals surface area contributed by atoms with Crippen LogP contribution in [-0.2, 0) is 10.5 Å². The number of aryl methyl sites for hydroxylation is 2. The molecule has 0 radical (unpaired) electrons. The Hall–Kier alpha value is -1.50. The standard InChI is InChI=1S/C16H21N3O2S.ClH/c1-11-14(12(2)21-19-11)9-22-10-16(20)18-8-15(17)13-6-4-3-5-7-13;/h3-7,15H,8-10,17H2,1-2H3,(H,18,20);1H. The van der Waals surface area contributed by atoms with E-state index >= 15 is 0 Å². The number of rotatable bonds is 7. The maximum absolute atomic E-state index is 11.9. The number of nitrogens with two attached hydrogens (primary N) is 1. The smallest absolute Gasteiger partial charge is 0.230 e. The molecule has 126 valence electrons. The number of thioether (sulfide) groups is 1. The van der Waals surface area contributed by atoms with Gasteiger partial charge in [0.2, 0.25) is 5.91 Å². The minimum Gasteiger partial charge on any atom is -0.361 e. The summed E-state index contributed by atoms with van der Waals surface area (Å²) in [5, 5.41) is 6.77. The summed E-state index contributed by atoms with van der Waals surface area (Å²) in [5.41, 5.74) is 9.02. The molecule has 1 aromatic carbocycles. The number of hydrogen-bond acceptors (Lipinski definition) is 5. The molecule has 1 aromatic heterocycles. The molecule has 0 bridgehead atoms. The van der Waals surface area contributed by atoms with E-state index in [0.717, 1.165) is 28.3 Å². The lowest BCUT2D eigenvalue weighted by Gasteiger charge is -2.13. The molecule has 5 nitrogen and oxygen atoms in total. The summed E-state index contributed by atoms with van der Waals surface area (Å²) in [7, 11) is 0. The third-order valence-corrected chi connectivity index (χ3v) is 4.37. The van der Waals surface area contributed by atoms with Gasteiger partial charge in [-0.25, -0.2) is 0 Å². The van der Waals surface area contributed by atoms with Crippen molar-refractivity contribution in [3.8, 4) is 0 Å². The van der Waals surface area contributed by atoms with Crippen molar-refractivity contribution in [3.63, 3.8) is 0 Å². The minimum absolute atomic E-state index is 0. The van der Waals surface area contributed by atoms with Gasteiger partial charge in [0, 0.05) is 23.9 Å². The summed E-state index contributed by atoms with van der Waals surface area (Å²) < 4.78 is 5.10. The number of benzene rings is 1. The molecule has 0 saturated heterocycles. The van der Waals surface area contributed by atoms with Crippen molar-refractivity contribution in [1.29, 1.82) is 0 Å². The third kappa shape index (κ3) is 5.89. The van der Waals surface area contributed by atoms with E-state index in [1.807, 2.05) is 44.2 Å². The van der Waals surface area contributed by atoms with E-state index in [-0.39, 0.29) is 24.4 Å². The van der Waals surface area contributed by atoms with E-state index in [4.69, 9.17) is 10.3 Å². The number of carbonyl (C=O) groups is 1. The van der Waals surface area contributed by atoms with Crippen molar-refractivity contribution in [2.24, 2.45) is 5.73 Å². The molecule has 2 aromatic rings. The summed E-state index contributed by atoms with van der Waals surface area (Å²) in [6.07, 6.45) is 0. The molecule has 1 atom stereocenters. The van der Waals surface area contributed by atoms with Gasteiger partial charge in [-0.05, 0) is 19.4 Å². The van der Waals surface area contributed by atoms with Gasteiger partial charge in [-0.3, -0.25) is 4.79 Å². The van der Waals surface area contributed by atoms with Gasteiger partial charge in [0.15, 0.2) is 0 Å². The van der Waals surface area contributed by atoms with Gasteiger partial charge in [-0.1, -0.05) is 35.5 Å². The first kappa shape index (κ1) is 19.5. The monoisotopic (exact) mass is 355 g/mol. The van der Waals surface area contributed by atoms with E-state index in [9.17, 15) is 4.79 Å². The molecule has 7 heteroatoms. The van der Waals surface area contributed by atoms with Gasteiger partial charge in [-0.2, -0.15) is 0 Å². The second kappa shape index (κ2) is 9.60. The number of carbonyl (C=O) groups excluding carboxylic acids is 1. The van der Waals surface area contributed by atoms with Crippen molar-refractivity contribution in [1.82, 2.24) is 10.5 Å². The maximum Gasteiger partial charge on any atom is 0.230 e. The van der Waals surface area contributed by atoms with Gasteiger partial charge in [0.25, 0.3) is 0 Å². The predicted octanol–water partition coefficient (Wildman–Crippen LogP) is 2.76. The molecule has 1 unspecified atom stereocenters. The number of halogens is 1. The van der Waals surface area contributed by atoms with Crippen LogP contribution in [-0.4, -0.2) is 23.4 Å². The number of hydrogen-bond donors (Lipinski definition) is 2. The van der Waals surface area contributed by atoms with E-state index in [1.165, 1.54) is 0 Å². The molecule has 1 amide bonds. The molecular weight excluding hydrogens is 334 g/mol. The summed E-state index contributed by atoms with van der Waals surface area (Å²) >= 11 is 1.54. The lowest BCUT2D eigenvalue weighted by Crippen LogP contribution is -2.33. The Kier molecular flexibility index (Phi) is 8.16. The van der Waals surface area contributed by atoms with Crippen LogP contribution in [0.1, 0.15) is 28.6 Å². The summed E-state index contributed by atoms with van der Waals surface area (Å²) in [4.78, 5) is 11.9. The topological polar surface area (TPSA) is 81.2 Å². The first-order chi connectivity index (χ1) is 10.6. The van der Waals surface area contributed by atoms with Crippen LogP contribution in [0.2, 0.25) is 0 Å². The molecule has 1 heterocycles. The molecule has 0 aliphatic heterocycles. The minimum atomic E-state index is -0.183. The largest absolute Gasteiger partial charge is 0.361 e. The number of nitrogens with one attached hydrogen (secondary N) is 1. The normalized spacial score (nSPS) is 11.6. The highest BCUT2D eigenvalue weighted by Gasteiger charge is 2.11. The molecule has 23 heavy (non-hydrogen) atoms. The number of nitrogens with zero attached hydrogens (tertiary/aromatic N) is 1. The van der Waals surface area contributed by atoms with Gasteiger partial charge in [0.05, 0.1) is 11.4 Å². The van der Waals surface area contributed by atoms with Gasteiger partial charge >= 0.3 is 0 Å². The quantitative estimate of drug-likeness (QED) is 0.798. The molecule has 0 saturated carbocycles. The van der Waals surface area contributed by atoms with Crippen molar-refractivity contribution in [2.75, 3.05) is 12.3 Å². The summed E-state index contributed by atoms with van der Waals surface area (Å²) in [6, 6.07) is 9.57. The fourth-order valence-corrected chi connectivity index (χ4v) is 3.05. The van der Waals surface area contributed by atoms with Crippen molar-refractivity contribution in [3.05, 3.63) is 52.9 Å². The number of aromatic nitrogens is 1. The maximum atomic E-state index is 11.9. The zero-order valence-electron chi connectivity index (χ0n) is 13.2. The highest BCUT2D eigenvalue weighted by atomic mass is 35.5. The van der Waals surface area contributed by atoms with Crippen LogP contribution < -0.4 is 11.1 Å². The second-order valence-corrected chi connectivity index (χ2v) is 6.10. The van der Waals surface area contributed by atoms with E-state index in [1.54, 1.807) is 11.8 Å². The van der Waals surface area contributed by atoms with Crippen molar-refractivity contribution in [2.45, 2.75) is 25.6 Å². The fraction of sp³-hybridized carbons (Fsp3) is 0.375. The average Bonchev–Trinajstić information content (AvgIpc) is 2.85. The summed E-state index contributed by atoms with van der Waals surface area (Å²) in [6.45, 7) is 4.23. The first-order valence-electron chi connectivity index (χ1n) is 7.14. The Bertz CT molecular complexity index is 600. The molecule has 3 N–H and O–H groups in total. The van der Waals surface area contributed by atoms with Crippen LogP contribution in [0.15, 0.2) is 34.9 Å². The zero-order chi connectivity index (χ0) is 15.9. The Morgan fingerprint density at radius 2 is 2.04 bits per heavy atom. The average molecular weight is 356 g/mol. The molecule has 2 rings (SSSR count). The molecule has 0 aliphatic rings. The molecule has 0 spiro atoms. The lowest BCUT2D eigenvalue weighted by molar-refractivity contribution is -0.118. The van der Waals surface area contributed by atoms with Gasteiger partial charge < -0.3 is 15.6 Å².